The van der Waals surface area contributed by atoms with Crippen molar-refractivity contribution >= 4 is 56.9 Å². The third-order valence-electron chi connectivity index (χ3n) is 3.07. The Morgan fingerprint density at radius 2 is 2.08 bits per heavy atom. The maximum atomic E-state index is 12.3. The number of aliphatic carboxylic acids is 1. The molecule has 2 rings (SSSR count). The van der Waals surface area contributed by atoms with Gasteiger partial charge in [0.15, 0.2) is 6.61 Å². The number of hydrogen-bond acceptors (Lipinski definition) is 7. The van der Waals surface area contributed by atoms with Gasteiger partial charge in [-0.3, -0.25) is 19.3 Å². The summed E-state index contributed by atoms with van der Waals surface area (Å²) >= 11 is 3.99. The van der Waals surface area contributed by atoms with Gasteiger partial charge >= 0.3 is 11.9 Å². The quantitative estimate of drug-likeness (QED) is 0.505. The van der Waals surface area contributed by atoms with E-state index in [4.69, 9.17) is 14.6 Å². The van der Waals surface area contributed by atoms with Crippen molar-refractivity contribution in [2.75, 3.05) is 19.8 Å². The summed E-state index contributed by atoms with van der Waals surface area (Å²) in [5.74, 6) is -2.00. The number of benzene rings is 1. The van der Waals surface area contributed by atoms with Crippen LogP contribution in [0.1, 0.15) is 12.5 Å². The Balaban J connectivity index is 2.13. The second-order valence-electron chi connectivity index (χ2n) is 4.95. The van der Waals surface area contributed by atoms with Gasteiger partial charge in [-0.25, -0.2) is 4.79 Å². The molecule has 2 amide bonds. The topological polar surface area (TPSA) is 110 Å². The van der Waals surface area contributed by atoms with E-state index in [2.05, 4.69) is 15.9 Å². The van der Waals surface area contributed by atoms with Gasteiger partial charge in [0, 0.05) is 0 Å². The van der Waals surface area contributed by atoms with E-state index in [0.717, 1.165) is 16.7 Å². The molecule has 138 valence electrons. The molecule has 0 aromatic heterocycles. The zero-order valence-electron chi connectivity index (χ0n) is 13.6. The zero-order chi connectivity index (χ0) is 19.3. The minimum atomic E-state index is -1.10. The van der Waals surface area contributed by atoms with E-state index in [-0.39, 0.29) is 11.5 Å². The number of carboxylic acid groups (broad SMARTS) is 1. The van der Waals surface area contributed by atoms with E-state index in [1.54, 1.807) is 25.1 Å². The van der Waals surface area contributed by atoms with Gasteiger partial charge in [0.1, 0.15) is 12.3 Å². The summed E-state index contributed by atoms with van der Waals surface area (Å²) in [6, 6.07) is 4.78. The number of carbonyl (C=O) groups is 4. The fraction of sp³-hybridized carbons (Fsp3) is 0.250. The molecule has 8 nitrogen and oxygen atoms in total. The van der Waals surface area contributed by atoms with Crippen LogP contribution in [0.3, 0.4) is 0 Å². The molecular formula is C16H14BrNO7S. The summed E-state index contributed by atoms with van der Waals surface area (Å²) in [6.07, 6.45) is 1.50. The Bertz CT molecular complexity index is 793. The highest BCUT2D eigenvalue weighted by Crippen LogP contribution is 2.33. The fourth-order valence-corrected chi connectivity index (χ4v) is 3.34. The number of carboxylic acids is 1. The van der Waals surface area contributed by atoms with Crippen LogP contribution in [-0.2, 0) is 19.1 Å². The predicted molar refractivity (Wildman–Crippen MR) is 96.6 cm³/mol. The largest absolute Gasteiger partial charge is 0.481 e. The highest BCUT2D eigenvalue weighted by molar-refractivity contribution is 9.10. The first-order valence-corrected chi connectivity index (χ1v) is 8.98. The molecular weight excluding hydrogens is 430 g/mol. The SMILES string of the molecule is CCOC(=O)CN1C(=O)S/C(=C/c2ccc(OCC(=O)O)c(Br)c2)C1=O. The molecule has 26 heavy (non-hydrogen) atoms. The smallest absolute Gasteiger partial charge is 0.341 e. The molecule has 0 radical (unpaired) electrons. The number of thioether (sulfide) groups is 1. The van der Waals surface area contributed by atoms with Gasteiger partial charge in [-0.1, -0.05) is 6.07 Å². The van der Waals surface area contributed by atoms with Crippen LogP contribution in [0, 0.1) is 0 Å². The van der Waals surface area contributed by atoms with Crippen molar-refractivity contribution < 1.29 is 33.8 Å². The Hall–Kier alpha value is -2.33. The average molecular weight is 444 g/mol. The molecule has 1 saturated heterocycles. The van der Waals surface area contributed by atoms with E-state index < -0.39 is 36.2 Å². The molecule has 0 saturated carbocycles. The molecule has 1 aromatic rings. The van der Waals surface area contributed by atoms with Crippen LogP contribution in [0.4, 0.5) is 4.79 Å². The van der Waals surface area contributed by atoms with Gasteiger partial charge in [-0.05, 0) is 58.4 Å². The lowest BCUT2D eigenvalue weighted by molar-refractivity contribution is -0.146. The molecule has 1 aromatic carbocycles. The van der Waals surface area contributed by atoms with Crippen molar-refractivity contribution in [3.63, 3.8) is 0 Å². The van der Waals surface area contributed by atoms with Gasteiger partial charge in [0.2, 0.25) is 0 Å². The van der Waals surface area contributed by atoms with Crippen LogP contribution >= 0.6 is 27.7 Å². The number of halogens is 1. The third kappa shape index (κ3) is 5.09. The first-order valence-electron chi connectivity index (χ1n) is 7.37. The molecule has 0 atom stereocenters. The summed E-state index contributed by atoms with van der Waals surface area (Å²) in [6.45, 7) is 0.884. The molecule has 10 heteroatoms. The molecule has 0 unspecified atom stereocenters. The summed E-state index contributed by atoms with van der Waals surface area (Å²) in [7, 11) is 0. The van der Waals surface area contributed by atoms with Gasteiger partial charge in [-0.2, -0.15) is 0 Å². The summed E-state index contributed by atoms with van der Waals surface area (Å²) in [4.78, 5) is 47.2. The molecule has 1 aliphatic heterocycles. The van der Waals surface area contributed by atoms with Crippen LogP contribution in [0.15, 0.2) is 27.6 Å². The van der Waals surface area contributed by atoms with Crippen molar-refractivity contribution in [2.45, 2.75) is 6.92 Å². The minimum absolute atomic E-state index is 0.162. The first kappa shape index (κ1) is 20.0. The lowest BCUT2D eigenvalue weighted by atomic mass is 10.2. The number of imide groups is 1. The number of carbonyl (C=O) groups excluding carboxylic acids is 3. The molecule has 1 aliphatic rings. The van der Waals surface area contributed by atoms with Crippen LogP contribution in [0.5, 0.6) is 5.75 Å². The maximum Gasteiger partial charge on any atom is 0.341 e. The Morgan fingerprint density at radius 3 is 2.69 bits per heavy atom. The number of rotatable bonds is 7. The minimum Gasteiger partial charge on any atom is -0.481 e. The van der Waals surface area contributed by atoms with E-state index in [1.165, 1.54) is 6.08 Å². The highest BCUT2D eigenvalue weighted by Gasteiger charge is 2.36. The lowest BCUT2D eigenvalue weighted by Gasteiger charge is -2.10. The second kappa shape index (κ2) is 8.86. The summed E-state index contributed by atoms with van der Waals surface area (Å²) < 4.78 is 10.3. The molecule has 0 aliphatic carbocycles. The van der Waals surface area contributed by atoms with Crippen molar-refractivity contribution in [3.05, 3.63) is 33.1 Å². The van der Waals surface area contributed by atoms with Gasteiger partial charge in [-0.15, -0.1) is 0 Å². The Morgan fingerprint density at radius 1 is 1.35 bits per heavy atom. The fourth-order valence-electron chi connectivity index (χ4n) is 1.99. The molecule has 1 heterocycles. The van der Waals surface area contributed by atoms with Gasteiger partial charge in [0.25, 0.3) is 11.1 Å². The summed E-state index contributed by atoms with van der Waals surface area (Å²) in [5, 5.41) is 8.08. The zero-order valence-corrected chi connectivity index (χ0v) is 16.0. The predicted octanol–water partition coefficient (Wildman–Crippen LogP) is 2.51. The van der Waals surface area contributed by atoms with Crippen LogP contribution < -0.4 is 4.74 Å². The van der Waals surface area contributed by atoms with Crippen molar-refractivity contribution in [1.29, 1.82) is 0 Å². The van der Waals surface area contributed by atoms with Crippen molar-refractivity contribution in [3.8, 4) is 5.75 Å². The number of hydrogen-bond donors (Lipinski definition) is 1. The third-order valence-corrected chi connectivity index (χ3v) is 4.60. The normalized spacial score (nSPS) is 15.5. The number of amides is 2. The van der Waals surface area contributed by atoms with Crippen LogP contribution in [0.2, 0.25) is 0 Å². The standard InChI is InChI=1S/C16H14BrNO7S/c1-2-24-14(21)7-18-15(22)12(26-16(18)23)6-9-3-4-11(10(17)5-9)25-8-13(19)20/h3-6H,2,7-8H2,1H3,(H,19,20)/b12-6+. The van der Waals surface area contributed by atoms with E-state index >= 15 is 0 Å². The molecule has 0 spiro atoms. The van der Waals surface area contributed by atoms with Crippen molar-refractivity contribution in [1.82, 2.24) is 4.90 Å². The Kier molecular flexibility index (Phi) is 6.81. The van der Waals surface area contributed by atoms with E-state index in [1.807, 2.05) is 0 Å². The van der Waals surface area contributed by atoms with Gasteiger partial charge < -0.3 is 14.6 Å². The second-order valence-corrected chi connectivity index (χ2v) is 6.79. The van der Waals surface area contributed by atoms with Crippen LogP contribution in [0.25, 0.3) is 6.08 Å². The van der Waals surface area contributed by atoms with Gasteiger partial charge in [0.05, 0.1) is 16.0 Å². The number of ether oxygens (including phenoxy) is 2. The van der Waals surface area contributed by atoms with Crippen molar-refractivity contribution in [2.24, 2.45) is 0 Å². The highest BCUT2D eigenvalue weighted by atomic mass is 79.9. The number of esters is 1. The summed E-state index contributed by atoms with van der Waals surface area (Å²) in [5.41, 5.74) is 0.598. The lowest BCUT2D eigenvalue weighted by Crippen LogP contribution is -2.34. The molecule has 0 bridgehead atoms. The number of nitrogens with zero attached hydrogens (tertiary/aromatic N) is 1. The maximum absolute atomic E-state index is 12.3. The molecule has 1 N–H and O–H groups in total. The van der Waals surface area contributed by atoms with E-state index in [9.17, 15) is 19.2 Å². The van der Waals surface area contributed by atoms with Crippen LogP contribution in [-0.4, -0.2) is 52.8 Å². The monoisotopic (exact) mass is 443 g/mol. The van der Waals surface area contributed by atoms with E-state index in [0.29, 0.717) is 15.8 Å². The molecule has 1 fully saturated rings. The average Bonchev–Trinajstić information content (AvgIpc) is 2.82. The Labute approximate surface area is 161 Å². The first-order chi connectivity index (χ1) is 12.3.